The maximum atomic E-state index is 6.06. The van der Waals surface area contributed by atoms with Crippen molar-refractivity contribution in [1.82, 2.24) is 4.90 Å². The van der Waals surface area contributed by atoms with Crippen LogP contribution < -0.4 is 9.47 Å². The van der Waals surface area contributed by atoms with Gasteiger partial charge in [-0.05, 0) is 73.2 Å². The molecule has 26 heavy (non-hydrogen) atoms. The van der Waals surface area contributed by atoms with Gasteiger partial charge in [0.1, 0.15) is 23.1 Å². The predicted molar refractivity (Wildman–Crippen MR) is 108 cm³/mol. The molecule has 0 saturated carbocycles. The number of fused-ring (bicyclic) bond motifs is 1. The van der Waals surface area contributed by atoms with E-state index in [-0.39, 0.29) is 0 Å². The Morgan fingerprint density at radius 3 is 2.65 bits per heavy atom. The van der Waals surface area contributed by atoms with Crippen LogP contribution in [0, 0.1) is 6.92 Å². The molecule has 136 valence electrons. The molecule has 0 amide bonds. The molecule has 0 unspecified atom stereocenters. The fourth-order valence-electron chi connectivity index (χ4n) is 3.64. The SMILES string of the molecule is COc1ccc(Oc2ccc([C@@H]3CCCN4CCSN=C34)cc2)c(C)c1. The third-order valence-corrected chi connectivity index (χ3v) is 5.74. The first-order valence-electron chi connectivity index (χ1n) is 9.12. The number of rotatable bonds is 4. The molecule has 1 atom stereocenters. The molecule has 4 nitrogen and oxygen atoms in total. The standard InChI is InChI=1S/C21H24N2O2S/c1-15-14-18(24-2)9-10-20(15)25-17-7-5-16(6-8-17)19-4-3-11-23-12-13-26-22-21(19)23/h5-10,14,19H,3-4,11-13H2,1-2H3/t19-/m0/s1. The van der Waals surface area contributed by atoms with Crippen molar-refractivity contribution in [2.45, 2.75) is 25.7 Å². The summed E-state index contributed by atoms with van der Waals surface area (Å²) in [5.41, 5.74) is 2.39. The van der Waals surface area contributed by atoms with Gasteiger partial charge in [-0.2, -0.15) is 0 Å². The molecule has 1 saturated heterocycles. The Hall–Kier alpha value is -2.14. The molecule has 2 aromatic rings. The van der Waals surface area contributed by atoms with Gasteiger partial charge in [0, 0.05) is 24.8 Å². The molecule has 4 rings (SSSR count). The first-order chi connectivity index (χ1) is 12.7. The van der Waals surface area contributed by atoms with Gasteiger partial charge >= 0.3 is 0 Å². The van der Waals surface area contributed by atoms with Crippen molar-refractivity contribution in [1.29, 1.82) is 0 Å². The zero-order valence-electron chi connectivity index (χ0n) is 15.3. The summed E-state index contributed by atoms with van der Waals surface area (Å²) in [6.07, 6.45) is 2.41. The zero-order chi connectivity index (χ0) is 17.9. The van der Waals surface area contributed by atoms with Crippen LogP contribution in [0.4, 0.5) is 0 Å². The normalized spacial score (nSPS) is 19.5. The number of methoxy groups -OCH3 is 1. The highest BCUT2D eigenvalue weighted by Gasteiger charge is 2.29. The fraction of sp³-hybridized carbons (Fsp3) is 0.381. The number of ether oxygens (including phenoxy) is 2. The first kappa shape index (κ1) is 17.3. The highest BCUT2D eigenvalue weighted by Crippen LogP contribution is 2.34. The smallest absolute Gasteiger partial charge is 0.130 e. The van der Waals surface area contributed by atoms with Gasteiger partial charge in [0.25, 0.3) is 0 Å². The first-order valence-corrected chi connectivity index (χ1v) is 10.1. The second-order valence-corrected chi connectivity index (χ2v) is 7.62. The van der Waals surface area contributed by atoms with Crippen molar-refractivity contribution >= 4 is 17.8 Å². The zero-order valence-corrected chi connectivity index (χ0v) is 16.1. The Kier molecular flexibility index (Phi) is 5.07. The van der Waals surface area contributed by atoms with E-state index in [9.17, 15) is 0 Å². The quantitative estimate of drug-likeness (QED) is 0.709. The molecule has 2 aromatic carbocycles. The van der Waals surface area contributed by atoms with Crippen molar-refractivity contribution < 1.29 is 9.47 Å². The van der Waals surface area contributed by atoms with E-state index < -0.39 is 0 Å². The van der Waals surface area contributed by atoms with Gasteiger partial charge in [0.2, 0.25) is 0 Å². The van der Waals surface area contributed by atoms with Gasteiger partial charge in [-0.3, -0.25) is 0 Å². The Morgan fingerprint density at radius 1 is 1.08 bits per heavy atom. The van der Waals surface area contributed by atoms with E-state index in [1.807, 2.05) is 25.1 Å². The molecular weight excluding hydrogens is 344 g/mol. The highest BCUT2D eigenvalue weighted by molar-refractivity contribution is 7.98. The summed E-state index contributed by atoms with van der Waals surface area (Å²) >= 11 is 1.70. The van der Waals surface area contributed by atoms with Crippen LogP contribution in [0.1, 0.15) is 29.9 Å². The number of benzene rings is 2. The van der Waals surface area contributed by atoms with E-state index in [1.54, 1.807) is 19.1 Å². The number of piperidine rings is 1. The monoisotopic (exact) mass is 368 g/mol. The summed E-state index contributed by atoms with van der Waals surface area (Å²) in [5, 5.41) is 0. The molecule has 0 N–H and O–H groups in total. The van der Waals surface area contributed by atoms with Crippen LogP contribution in [0.25, 0.3) is 0 Å². The van der Waals surface area contributed by atoms with E-state index in [4.69, 9.17) is 13.9 Å². The summed E-state index contributed by atoms with van der Waals surface area (Å²) < 4.78 is 16.1. The topological polar surface area (TPSA) is 34.1 Å². The summed E-state index contributed by atoms with van der Waals surface area (Å²) in [4.78, 5) is 2.45. The average Bonchev–Trinajstić information content (AvgIpc) is 2.69. The number of hydrogen-bond acceptors (Lipinski definition) is 5. The Balaban J connectivity index is 1.51. The highest BCUT2D eigenvalue weighted by atomic mass is 32.2. The Bertz CT molecular complexity index is 804. The number of aryl methyl sites for hydroxylation is 1. The minimum atomic E-state index is 0.410. The molecule has 0 bridgehead atoms. The lowest BCUT2D eigenvalue weighted by atomic mass is 9.89. The Morgan fingerprint density at radius 2 is 1.88 bits per heavy atom. The van der Waals surface area contributed by atoms with Crippen LogP contribution in [0.15, 0.2) is 46.9 Å². The maximum Gasteiger partial charge on any atom is 0.130 e. The largest absolute Gasteiger partial charge is 0.497 e. The van der Waals surface area contributed by atoms with Crippen LogP contribution in [0.2, 0.25) is 0 Å². The third kappa shape index (κ3) is 3.54. The van der Waals surface area contributed by atoms with E-state index in [1.165, 1.54) is 24.2 Å². The van der Waals surface area contributed by atoms with E-state index >= 15 is 0 Å². The van der Waals surface area contributed by atoms with Crippen LogP contribution in [-0.2, 0) is 0 Å². The van der Waals surface area contributed by atoms with Crippen molar-refractivity contribution in [3.63, 3.8) is 0 Å². The summed E-state index contributed by atoms with van der Waals surface area (Å²) in [6, 6.07) is 14.4. The molecule has 2 aliphatic heterocycles. The minimum Gasteiger partial charge on any atom is -0.497 e. The maximum absolute atomic E-state index is 6.06. The molecular formula is C21H24N2O2S. The van der Waals surface area contributed by atoms with Crippen LogP contribution in [0.3, 0.4) is 0 Å². The van der Waals surface area contributed by atoms with Gasteiger partial charge in [-0.1, -0.05) is 12.1 Å². The molecule has 2 aliphatic rings. The third-order valence-electron chi connectivity index (χ3n) is 5.06. The Labute approximate surface area is 159 Å². The van der Waals surface area contributed by atoms with Crippen molar-refractivity contribution in [2.24, 2.45) is 4.40 Å². The molecule has 0 aromatic heterocycles. The lowest BCUT2D eigenvalue weighted by Crippen LogP contribution is -2.42. The van der Waals surface area contributed by atoms with Gasteiger partial charge in [-0.25, -0.2) is 4.40 Å². The van der Waals surface area contributed by atoms with Gasteiger partial charge in [0.15, 0.2) is 0 Å². The van der Waals surface area contributed by atoms with Gasteiger partial charge in [0.05, 0.1) is 7.11 Å². The molecule has 0 spiro atoms. The van der Waals surface area contributed by atoms with E-state index in [0.29, 0.717) is 5.92 Å². The molecule has 0 radical (unpaired) electrons. The second kappa shape index (κ2) is 7.62. The van der Waals surface area contributed by atoms with E-state index in [2.05, 4.69) is 29.2 Å². The summed E-state index contributed by atoms with van der Waals surface area (Å²) in [6.45, 7) is 4.30. The molecule has 0 aliphatic carbocycles. The second-order valence-electron chi connectivity index (χ2n) is 6.77. The van der Waals surface area contributed by atoms with Gasteiger partial charge < -0.3 is 14.4 Å². The molecule has 1 fully saturated rings. The average molecular weight is 369 g/mol. The lowest BCUT2D eigenvalue weighted by Gasteiger charge is -2.37. The van der Waals surface area contributed by atoms with Crippen LogP contribution in [-0.4, -0.2) is 36.7 Å². The fourth-order valence-corrected chi connectivity index (χ4v) is 4.40. The lowest BCUT2D eigenvalue weighted by molar-refractivity contribution is 0.371. The van der Waals surface area contributed by atoms with Gasteiger partial charge in [-0.15, -0.1) is 0 Å². The minimum absolute atomic E-state index is 0.410. The molecule has 2 heterocycles. The van der Waals surface area contributed by atoms with Crippen molar-refractivity contribution in [2.75, 3.05) is 26.0 Å². The number of amidine groups is 1. The molecule has 5 heteroatoms. The summed E-state index contributed by atoms with van der Waals surface area (Å²) in [7, 11) is 1.68. The van der Waals surface area contributed by atoms with Crippen molar-refractivity contribution in [3.8, 4) is 17.2 Å². The van der Waals surface area contributed by atoms with Crippen LogP contribution in [0.5, 0.6) is 17.2 Å². The van der Waals surface area contributed by atoms with E-state index in [0.717, 1.165) is 41.7 Å². The number of nitrogens with zero attached hydrogens (tertiary/aromatic N) is 2. The van der Waals surface area contributed by atoms with Crippen molar-refractivity contribution in [3.05, 3.63) is 53.6 Å². The van der Waals surface area contributed by atoms with Crippen LogP contribution >= 0.6 is 11.9 Å². The summed E-state index contributed by atoms with van der Waals surface area (Å²) in [5.74, 6) is 5.33. The number of hydrogen-bond donors (Lipinski definition) is 0. The predicted octanol–water partition coefficient (Wildman–Crippen LogP) is 5.04.